The van der Waals surface area contributed by atoms with Gasteiger partial charge in [-0.05, 0) is 62.1 Å². The monoisotopic (exact) mass is 479 g/mol. The van der Waals surface area contributed by atoms with E-state index >= 15 is 0 Å². The molecule has 8 heteroatoms. The van der Waals surface area contributed by atoms with Gasteiger partial charge in [0.05, 0.1) is 17.3 Å². The average Bonchev–Trinajstić information content (AvgIpc) is 3.54. The van der Waals surface area contributed by atoms with E-state index in [1.807, 2.05) is 37.4 Å². The van der Waals surface area contributed by atoms with Crippen molar-refractivity contribution >= 4 is 28.8 Å². The standard InChI is InChI=1S/C26H29N3O4S/c1-18-6-3-10-24(19(18)2)28-25(30)14-29(13-23-9-5-11-32-23)26(31)20-7-4-8-22(12-20)33-15-21-16-34-17-27-21/h3-4,6-8,10,12,16-17,23H,5,9,11,13-15H2,1-2H3,(H,28,30)/t23-/m0/s1. The Kier molecular flexibility index (Phi) is 7.92. The number of carbonyl (C=O) groups excluding carboxylic acids is 2. The topological polar surface area (TPSA) is 80.8 Å². The molecule has 0 aliphatic carbocycles. The summed E-state index contributed by atoms with van der Waals surface area (Å²) < 4.78 is 11.6. The van der Waals surface area contributed by atoms with Crippen LogP contribution in [-0.2, 0) is 16.1 Å². The number of thiazole rings is 1. The average molecular weight is 480 g/mol. The Bertz CT molecular complexity index is 1130. The zero-order valence-corrected chi connectivity index (χ0v) is 20.3. The predicted octanol–water partition coefficient (Wildman–Crippen LogP) is 4.60. The molecule has 1 N–H and O–H groups in total. The van der Waals surface area contributed by atoms with E-state index in [1.165, 1.54) is 11.3 Å². The molecule has 34 heavy (non-hydrogen) atoms. The van der Waals surface area contributed by atoms with E-state index in [0.717, 1.165) is 35.3 Å². The third-order valence-electron chi connectivity index (χ3n) is 5.90. The molecule has 1 atom stereocenters. The molecule has 1 fully saturated rings. The highest BCUT2D eigenvalue weighted by molar-refractivity contribution is 7.07. The molecule has 2 heterocycles. The van der Waals surface area contributed by atoms with E-state index in [0.29, 0.717) is 31.1 Å². The van der Waals surface area contributed by atoms with Crippen molar-refractivity contribution in [3.05, 3.63) is 75.7 Å². The van der Waals surface area contributed by atoms with Crippen LogP contribution in [0, 0.1) is 13.8 Å². The molecular formula is C26H29N3O4S. The minimum atomic E-state index is -0.240. The zero-order valence-electron chi connectivity index (χ0n) is 19.5. The van der Waals surface area contributed by atoms with Crippen LogP contribution in [0.1, 0.15) is 40.0 Å². The maximum Gasteiger partial charge on any atom is 0.254 e. The Hall–Kier alpha value is -3.23. The number of hydrogen-bond acceptors (Lipinski definition) is 6. The maximum atomic E-state index is 13.5. The smallest absolute Gasteiger partial charge is 0.254 e. The van der Waals surface area contributed by atoms with Crippen molar-refractivity contribution in [1.29, 1.82) is 0 Å². The van der Waals surface area contributed by atoms with Gasteiger partial charge in [0.1, 0.15) is 18.9 Å². The second kappa shape index (κ2) is 11.3. The number of aryl methyl sites for hydroxylation is 1. The Morgan fingerprint density at radius 2 is 2.09 bits per heavy atom. The second-order valence-electron chi connectivity index (χ2n) is 8.41. The molecular weight excluding hydrogens is 450 g/mol. The molecule has 3 aromatic rings. The molecule has 2 amide bonds. The van der Waals surface area contributed by atoms with Crippen LogP contribution < -0.4 is 10.1 Å². The minimum Gasteiger partial charge on any atom is -0.487 e. The molecule has 0 saturated carbocycles. The van der Waals surface area contributed by atoms with Crippen molar-refractivity contribution in [2.45, 2.75) is 39.4 Å². The molecule has 0 radical (unpaired) electrons. The molecule has 178 valence electrons. The number of benzene rings is 2. The Morgan fingerprint density at radius 1 is 1.24 bits per heavy atom. The van der Waals surface area contributed by atoms with Gasteiger partial charge < -0.3 is 19.7 Å². The molecule has 0 spiro atoms. The van der Waals surface area contributed by atoms with Gasteiger partial charge in [-0.25, -0.2) is 4.98 Å². The van der Waals surface area contributed by atoms with Crippen molar-refractivity contribution < 1.29 is 19.1 Å². The number of anilines is 1. The zero-order chi connectivity index (χ0) is 23.9. The first kappa shape index (κ1) is 23.9. The van der Waals surface area contributed by atoms with E-state index in [2.05, 4.69) is 10.3 Å². The molecule has 1 saturated heterocycles. The third kappa shape index (κ3) is 6.21. The summed E-state index contributed by atoms with van der Waals surface area (Å²) in [5.41, 5.74) is 5.92. The van der Waals surface area contributed by atoms with Crippen LogP contribution in [0.4, 0.5) is 5.69 Å². The molecule has 1 aliphatic heterocycles. The van der Waals surface area contributed by atoms with E-state index in [9.17, 15) is 9.59 Å². The first-order valence-electron chi connectivity index (χ1n) is 11.4. The summed E-state index contributed by atoms with van der Waals surface area (Å²) in [7, 11) is 0. The van der Waals surface area contributed by atoms with Crippen molar-refractivity contribution in [2.24, 2.45) is 0 Å². The SMILES string of the molecule is Cc1cccc(NC(=O)CN(C[C@@H]2CCCO2)C(=O)c2cccc(OCc3cscn3)c2)c1C. The van der Waals surface area contributed by atoms with Gasteiger partial charge in [0.25, 0.3) is 5.91 Å². The summed E-state index contributed by atoms with van der Waals surface area (Å²) in [6.45, 7) is 5.29. The fourth-order valence-corrected chi connectivity index (χ4v) is 4.41. The number of amides is 2. The van der Waals surface area contributed by atoms with Crippen LogP contribution in [0.15, 0.2) is 53.4 Å². The summed E-state index contributed by atoms with van der Waals surface area (Å²) in [5, 5.41) is 4.88. The number of ether oxygens (including phenoxy) is 2. The first-order valence-corrected chi connectivity index (χ1v) is 12.3. The van der Waals surface area contributed by atoms with Gasteiger partial charge in [0, 0.05) is 29.8 Å². The van der Waals surface area contributed by atoms with Gasteiger partial charge >= 0.3 is 0 Å². The molecule has 7 nitrogen and oxygen atoms in total. The largest absolute Gasteiger partial charge is 0.487 e. The van der Waals surface area contributed by atoms with Crippen molar-refractivity contribution in [3.8, 4) is 5.75 Å². The number of nitrogens with one attached hydrogen (secondary N) is 1. The first-order chi connectivity index (χ1) is 16.5. The predicted molar refractivity (Wildman–Crippen MR) is 132 cm³/mol. The lowest BCUT2D eigenvalue weighted by atomic mass is 10.1. The second-order valence-corrected chi connectivity index (χ2v) is 9.13. The van der Waals surface area contributed by atoms with Crippen LogP contribution in [0.5, 0.6) is 5.75 Å². The highest BCUT2D eigenvalue weighted by Crippen LogP contribution is 2.21. The normalized spacial score (nSPS) is 15.2. The van der Waals surface area contributed by atoms with Gasteiger partial charge in [-0.15, -0.1) is 11.3 Å². The van der Waals surface area contributed by atoms with Crippen LogP contribution in [0.2, 0.25) is 0 Å². The Morgan fingerprint density at radius 3 is 2.85 bits per heavy atom. The van der Waals surface area contributed by atoms with Gasteiger partial charge in [-0.3, -0.25) is 9.59 Å². The summed E-state index contributed by atoms with van der Waals surface area (Å²) in [5.74, 6) is 0.109. The van der Waals surface area contributed by atoms with Crippen molar-refractivity contribution in [1.82, 2.24) is 9.88 Å². The van der Waals surface area contributed by atoms with Gasteiger partial charge in [-0.1, -0.05) is 18.2 Å². The summed E-state index contributed by atoms with van der Waals surface area (Å²) in [6, 6.07) is 12.8. The lowest BCUT2D eigenvalue weighted by Crippen LogP contribution is -2.42. The van der Waals surface area contributed by atoms with Crippen LogP contribution in [0.25, 0.3) is 0 Å². The van der Waals surface area contributed by atoms with E-state index in [1.54, 1.807) is 34.7 Å². The third-order valence-corrected chi connectivity index (χ3v) is 6.53. The summed E-state index contributed by atoms with van der Waals surface area (Å²) >= 11 is 1.51. The minimum absolute atomic E-state index is 0.0595. The maximum absolute atomic E-state index is 13.5. The number of rotatable bonds is 9. The van der Waals surface area contributed by atoms with E-state index in [4.69, 9.17) is 9.47 Å². The molecule has 4 rings (SSSR count). The van der Waals surface area contributed by atoms with Crippen LogP contribution in [0.3, 0.4) is 0 Å². The fraction of sp³-hybridized carbons (Fsp3) is 0.346. The fourth-order valence-electron chi connectivity index (χ4n) is 3.87. The number of aromatic nitrogens is 1. The Labute approximate surface area is 203 Å². The number of hydrogen-bond donors (Lipinski definition) is 1. The molecule has 0 unspecified atom stereocenters. The van der Waals surface area contributed by atoms with Gasteiger partial charge in [-0.2, -0.15) is 0 Å². The molecule has 1 aromatic heterocycles. The highest BCUT2D eigenvalue weighted by atomic mass is 32.1. The molecule has 2 aromatic carbocycles. The number of nitrogens with zero attached hydrogens (tertiary/aromatic N) is 2. The summed E-state index contributed by atoms with van der Waals surface area (Å²) in [4.78, 5) is 32.1. The molecule has 0 bridgehead atoms. The quantitative estimate of drug-likeness (QED) is 0.485. The van der Waals surface area contributed by atoms with Crippen LogP contribution in [-0.4, -0.2) is 47.5 Å². The van der Waals surface area contributed by atoms with Crippen molar-refractivity contribution in [2.75, 3.05) is 25.0 Å². The van der Waals surface area contributed by atoms with Crippen LogP contribution >= 0.6 is 11.3 Å². The van der Waals surface area contributed by atoms with E-state index in [-0.39, 0.29) is 24.5 Å². The number of carbonyl (C=O) groups is 2. The summed E-state index contributed by atoms with van der Waals surface area (Å²) in [6.07, 6.45) is 1.77. The lowest BCUT2D eigenvalue weighted by molar-refractivity contribution is -0.117. The highest BCUT2D eigenvalue weighted by Gasteiger charge is 2.25. The van der Waals surface area contributed by atoms with E-state index < -0.39 is 0 Å². The molecule has 1 aliphatic rings. The van der Waals surface area contributed by atoms with Crippen molar-refractivity contribution in [3.63, 3.8) is 0 Å². The lowest BCUT2D eigenvalue weighted by Gasteiger charge is -2.25. The Balaban J connectivity index is 1.47. The van der Waals surface area contributed by atoms with Gasteiger partial charge in [0.2, 0.25) is 5.91 Å². The van der Waals surface area contributed by atoms with Gasteiger partial charge in [0.15, 0.2) is 0 Å².